The lowest BCUT2D eigenvalue weighted by Crippen LogP contribution is -2.30. The molecule has 4 aromatic rings. The molecule has 0 spiro atoms. The van der Waals surface area contributed by atoms with Gasteiger partial charge < -0.3 is 14.5 Å². The molecule has 6 nitrogen and oxygen atoms in total. The van der Waals surface area contributed by atoms with E-state index in [1.165, 1.54) is 17.4 Å². The van der Waals surface area contributed by atoms with Gasteiger partial charge in [-0.15, -0.1) is 11.3 Å². The van der Waals surface area contributed by atoms with Crippen LogP contribution in [0, 0.1) is 0 Å². The van der Waals surface area contributed by atoms with Crippen LogP contribution in [0.25, 0.3) is 21.7 Å². The van der Waals surface area contributed by atoms with Gasteiger partial charge >= 0.3 is 11.6 Å². The quantitative estimate of drug-likeness (QED) is 0.319. The molecule has 2 aromatic heterocycles. The third kappa shape index (κ3) is 3.65. The Hall–Kier alpha value is -3.45. The molecule has 2 heterocycles. The SMILES string of the molecule is O=C(CNC(=O)c1cccs1)OCc1cc(=O)oc2ccc3ccccc3c12. The summed E-state index contributed by atoms with van der Waals surface area (Å²) in [5, 5.41) is 6.92. The van der Waals surface area contributed by atoms with Gasteiger partial charge in [0.05, 0.1) is 4.88 Å². The number of rotatable bonds is 5. The summed E-state index contributed by atoms with van der Waals surface area (Å²) in [5.41, 5.74) is 0.476. The van der Waals surface area contributed by atoms with Crippen molar-refractivity contribution >= 4 is 45.0 Å². The summed E-state index contributed by atoms with van der Waals surface area (Å²) in [6.07, 6.45) is 0. The van der Waals surface area contributed by atoms with Gasteiger partial charge in [-0.3, -0.25) is 9.59 Å². The minimum Gasteiger partial charge on any atom is -0.459 e. The molecule has 140 valence electrons. The van der Waals surface area contributed by atoms with E-state index in [0.29, 0.717) is 16.0 Å². The molecular weight excluding hydrogens is 378 g/mol. The van der Waals surface area contributed by atoms with Crippen molar-refractivity contribution in [2.45, 2.75) is 6.61 Å². The first-order valence-electron chi connectivity index (χ1n) is 8.53. The Balaban J connectivity index is 1.53. The highest BCUT2D eigenvalue weighted by Gasteiger charge is 2.13. The van der Waals surface area contributed by atoms with Gasteiger partial charge in [0.2, 0.25) is 0 Å². The molecule has 0 fully saturated rings. The number of hydrogen-bond donors (Lipinski definition) is 1. The molecular formula is C21H15NO5S. The smallest absolute Gasteiger partial charge is 0.336 e. The van der Waals surface area contributed by atoms with E-state index in [1.54, 1.807) is 23.6 Å². The Labute approximate surface area is 163 Å². The fourth-order valence-corrected chi connectivity index (χ4v) is 3.63. The summed E-state index contributed by atoms with van der Waals surface area (Å²) >= 11 is 1.29. The van der Waals surface area contributed by atoms with E-state index in [4.69, 9.17) is 9.15 Å². The molecule has 0 radical (unpaired) electrons. The number of thiophene rings is 1. The fraction of sp³-hybridized carbons (Fsp3) is 0.0952. The van der Waals surface area contributed by atoms with Crippen molar-refractivity contribution in [2.24, 2.45) is 0 Å². The maximum atomic E-state index is 12.0. The Bertz CT molecular complexity index is 1230. The molecule has 0 atom stereocenters. The largest absolute Gasteiger partial charge is 0.459 e. The third-order valence-electron chi connectivity index (χ3n) is 4.24. The lowest BCUT2D eigenvalue weighted by atomic mass is 10.0. The Morgan fingerprint density at radius 1 is 1.07 bits per heavy atom. The molecule has 1 amide bonds. The minimum atomic E-state index is -0.591. The van der Waals surface area contributed by atoms with Crippen molar-refractivity contribution in [3.8, 4) is 0 Å². The highest BCUT2D eigenvalue weighted by Crippen LogP contribution is 2.27. The zero-order chi connectivity index (χ0) is 19.5. The first-order valence-corrected chi connectivity index (χ1v) is 9.41. The van der Waals surface area contributed by atoms with Crippen molar-refractivity contribution in [2.75, 3.05) is 6.54 Å². The van der Waals surface area contributed by atoms with E-state index >= 15 is 0 Å². The molecule has 0 unspecified atom stereocenters. The highest BCUT2D eigenvalue weighted by atomic mass is 32.1. The van der Waals surface area contributed by atoms with Crippen LogP contribution in [0.5, 0.6) is 0 Å². The van der Waals surface area contributed by atoms with Crippen LogP contribution in [-0.2, 0) is 16.1 Å². The Morgan fingerprint density at radius 2 is 1.93 bits per heavy atom. The van der Waals surface area contributed by atoms with Crippen LogP contribution in [0.1, 0.15) is 15.2 Å². The topological polar surface area (TPSA) is 85.6 Å². The van der Waals surface area contributed by atoms with E-state index in [-0.39, 0.29) is 19.1 Å². The maximum Gasteiger partial charge on any atom is 0.336 e. The van der Waals surface area contributed by atoms with E-state index in [0.717, 1.165) is 16.2 Å². The summed E-state index contributed by atoms with van der Waals surface area (Å²) in [6, 6.07) is 16.0. The molecule has 28 heavy (non-hydrogen) atoms. The van der Waals surface area contributed by atoms with Gasteiger partial charge in [0.1, 0.15) is 18.7 Å². The van der Waals surface area contributed by atoms with Crippen LogP contribution in [-0.4, -0.2) is 18.4 Å². The molecule has 2 aromatic carbocycles. The zero-order valence-electron chi connectivity index (χ0n) is 14.6. The van der Waals surface area contributed by atoms with E-state index < -0.39 is 11.6 Å². The van der Waals surface area contributed by atoms with Gasteiger partial charge in [0.15, 0.2) is 0 Å². The van der Waals surface area contributed by atoms with Crippen LogP contribution in [0.15, 0.2) is 69.2 Å². The van der Waals surface area contributed by atoms with Crippen LogP contribution < -0.4 is 10.9 Å². The van der Waals surface area contributed by atoms with Gasteiger partial charge in [-0.2, -0.15) is 0 Å². The average Bonchev–Trinajstić information content (AvgIpc) is 3.24. The number of amides is 1. The highest BCUT2D eigenvalue weighted by molar-refractivity contribution is 7.12. The first kappa shape index (κ1) is 17.9. The lowest BCUT2D eigenvalue weighted by Gasteiger charge is -2.10. The summed E-state index contributed by atoms with van der Waals surface area (Å²) < 4.78 is 10.6. The number of carbonyl (C=O) groups excluding carboxylic acids is 2. The predicted octanol–water partition coefficient (Wildman–Crippen LogP) is 3.48. The fourth-order valence-electron chi connectivity index (χ4n) is 2.99. The van der Waals surface area contributed by atoms with Crippen molar-refractivity contribution in [3.05, 3.63) is 80.8 Å². The van der Waals surface area contributed by atoms with Crippen molar-refractivity contribution < 1.29 is 18.7 Å². The van der Waals surface area contributed by atoms with Gasteiger partial charge in [0.25, 0.3) is 5.91 Å². The molecule has 1 N–H and O–H groups in total. The number of carbonyl (C=O) groups is 2. The Kier molecular flexibility index (Phi) is 4.90. The zero-order valence-corrected chi connectivity index (χ0v) is 15.5. The lowest BCUT2D eigenvalue weighted by molar-refractivity contribution is -0.143. The van der Waals surface area contributed by atoms with E-state index in [2.05, 4.69) is 5.32 Å². The normalized spacial score (nSPS) is 10.9. The first-order chi connectivity index (χ1) is 13.6. The summed E-state index contributed by atoms with van der Waals surface area (Å²) in [4.78, 5) is 36.3. The van der Waals surface area contributed by atoms with Crippen LogP contribution >= 0.6 is 11.3 Å². The number of ether oxygens (including phenoxy) is 1. The molecule has 4 rings (SSSR count). The van der Waals surface area contributed by atoms with Gasteiger partial charge in [-0.05, 0) is 28.3 Å². The number of fused-ring (bicyclic) bond motifs is 3. The van der Waals surface area contributed by atoms with Gasteiger partial charge in [0, 0.05) is 17.0 Å². The number of nitrogens with one attached hydrogen (secondary N) is 1. The molecule has 0 aliphatic rings. The van der Waals surface area contributed by atoms with Crippen molar-refractivity contribution in [1.29, 1.82) is 0 Å². The summed E-state index contributed by atoms with van der Waals surface area (Å²) in [5.74, 6) is -0.921. The minimum absolute atomic E-state index is 0.0934. The molecule has 0 bridgehead atoms. The van der Waals surface area contributed by atoms with Crippen molar-refractivity contribution in [1.82, 2.24) is 5.32 Å². The second kappa shape index (κ2) is 7.66. The van der Waals surface area contributed by atoms with Gasteiger partial charge in [-0.25, -0.2) is 4.79 Å². The molecule has 0 saturated heterocycles. The van der Waals surface area contributed by atoms with Crippen LogP contribution in [0.4, 0.5) is 0 Å². The molecule has 0 aliphatic carbocycles. The third-order valence-corrected chi connectivity index (χ3v) is 5.11. The number of esters is 1. The standard InChI is InChI=1S/C21H15NO5S/c23-18-10-14(12-26-19(24)11-22-21(25)17-6-3-9-28-17)20-15-5-2-1-4-13(15)7-8-16(20)27-18/h1-10H,11-12H2,(H,22,25). The summed E-state index contributed by atoms with van der Waals surface area (Å²) in [6.45, 7) is -0.347. The second-order valence-electron chi connectivity index (χ2n) is 6.07. The second-order valence-corrected chi connectivity index (χ2v) is 7.02. The van der Waals surface area contributed by atoms with Crippen LogP contribution in [0.2, 0.25) is 0 Å². The number of benzene rings is 2. The summed E-state index contributed by atoms with van der Waals surface area (Å²) in [7, 11) is 0. The Morgan fingerprint density at radius 3 is 2.75 bits per heavy atom. The van der Waals surface area contributed by atoms with Crippen LogP contribution in [0.3, 0.4) is 0 Å². The number of hydrogen-bond acceptors (Lipinski definition) is 6. The van der Waals surface area contributed by atoms with Crippen molar-refractivity contribution in [3.63, 3.8) is 0 Å². The molecule has 0 saturated carbocycles. The van der Waals surface area contributed by atoms with E-state index in [9.17, 15) is 14.4 Å². The monoisotopic (exact) mass is 393 g/mol. The molecule has 0 aliphatic heterocycles. The predicted molar refractivity (Wildman–Crippen MR) is 106 cm³/mol. The molecule has 7 heteroatoms. The average molecular weight is 393 g/mol. The van der Waals surface area contributed by atoms with E-state index in [1.807, 2.05) is 30.3 Å². The van der Waals surface area contributed by atoms with Gasteiger partial charge in [-0.1, -0.05) is 36.4 Å². The maximum absolute atomic E-state index is 12.0.